The van der Waals surface area contributed by atoms with Crippen molar-refractivity contribution in [2.24, 2.45) is 0 Å². The number of nitrogens with one attached hydrogen (secondary N) is 1. The second-order valence-electron chi connectivity index (χ2n) is 5.25. The van der Waals surface area contributed by atoms with Gasteiger partial charge < -0.3 is 14.8 Å². The van der Waals surface area contributed by atoms with Crippen LogP contribution < -0.4 is 5.32 Å². The Morgan fingerprint density at radius 2 is 1.96 bits per heavy atom. The maximum atomic E-state index is 12.7. The molecule has 1 saturated heterocycles. The molecule has 1 N–H and O–H groups in total. The molecule has 0 radical (unpaired) electrons. The van der Waals surface area contributed by atoms with E-state index in [0.29, 0.717) is 18.8 Å². The average Bonchev–Trinajstić information content (AvgIpc) is 2.60. The van der Waals surface area contributed by atoms with Gasteiger partial charge in [0.05, 0.1) is 23.7 Å². The topological polar surface area (TPSA) is 102 Å². The number of benzene rings is 1. The van der Waals surface area contributed by atoms with E-state index in [1.807, 2.05) is 0 Å². The number of ether oxygens (including phenoxy) is 2. The Morgan fingerprint density at radius 1 is 1.29 bits per heavy atom. The molecular formula is C15H20N2O6S. The van der Waals surface area contributed by atoms with Gasteiger partial charge in [0, 0.05) is 20.1 Å². The van der Waals surface area contributed by atoms with Crippen molar-refractivity contribution in [1.82, 2.24) is 9.62 Å². The fourth-order valence-electron chi connectivity index (χ4n) is 2.22. The summed E-state index contributed by atoms with van der Waals surface area (Å²) in [5.41, 5.74) is 0.612. The first-order valence-electron chi connectivity index (χ1n) is 7.42. The summed E-state index contributed by atoms with van der Waals surface area (Å²) in [6.45, 7) is 2.46. The number of hydrogen-bond donors (Lipinski definition) is 1. The minimum absolute atomic E-state index is 0.0544. The van der Waals surface area contributed by atoms with E-state index in [1.165, 1.54) is 23.5 Å². The van der Waals surface area contributed by atoms with Gasteiger partial charge in [-0.1, -0.05) is 6.07 Å². The first kappa shape index (κ1) is 18.4. The Labute approximate surface area is 140 Å². The summed E-state index contributed by atoms with van der Waals surface area (Å²) in [7, 11) is -2.29. The van der Waals surface area contributed by atoms with Gasteiger partial charge in [0.1, 0.15) is 0 Å². The van der Waals surface area contributed by atoms with E-state index in [4.69, 9.17) is 9.47 Å². The number of hydrogen-bond acceptors (Lipinski definition) is 6. The molecule has 9 heteroatoms. The van der Waals surface area contributed by atoms with Crippen LogP contribution >= 0.6 is 0 Å². The van der Waals surface area contributed by atoms with Crippen molar-refractivity contribution in [2.45, 2.75) is 11.8 Å². The highest BCUT2D eigenvalue weighted by molar-refractivity contribution is 7.89. The summed E-state index contributed by atoms with van der Waals surface area (Å²) in [5, 5.41) is 2.33. The summed E-state index contributed by atoms with van der Waals surface area (Å²) in [6.07, 6.45) is 0. The smallest absolute Gasteiger partial charge is 0.338 e. The maximum Gasteiger partial charge on any atom is 0.338 e. The van der Waals surface area contributed by atoms with E-state index in [1.54, 1.807) is 13.0 Å². The summed E-state index contributed by atoms with van der Waals surface area (Å²) < 4.78 is 36.9. The Balaban J connectivity index is 2.24. The normalized spacial score (nSPS) is 15.8. The van der Waals surface area contributed by atoms with Gasteiger partial charge in [0.15, 0.2) is 6.61 Å². The van der Waals surface area contributed by atoms with Crippen LogP contribution in [0.4, 0.5) is 0 Å². The summed E-state index contributed by atoms with van der Waals surface area (Å²) in [4.78, 5) is 23.2. The van der Waals surface area contributed by atoms with Gasteiger partial charge in [-0.3, -0.25) is 4.79 Å². The number of nitrogens with zero attached hydrogens (tertiary/aromatic N) is 1. The molecule has 1 amide bonds. The first-order valence-corrected chi connectivity index (χ1v) is 8.86. The van der Waals surface area contributed by atoms with Gasteiger partial charge >= 0.3 is 5.97 Å². The zero-order valence-electron chi connectivity index (χ0n) is 13.6. The number of likely N-dealkylation sites (N-methyl/N-ethyl adjacent to an activating group) is 1. The maximum absolute atomic E-state index is 12.7. The standard InChI is InChI=1S/C15H20N2O6S/c1-11-3-4-12(15(19)23-10-14(18)16-2)9-13(11)24(20,21)17-5-7-22-8-6-17/h3-4,9H,5-8,10H2,1-2H3,(H,16,18). The first-order chi connectivity index (χ1) is 11.4. The van der Waals surface area contributed by atoms with Crippen molar-refractivity contribution < 1.29 is 27.5 Å². The van der Waals surface area contributed by atoms with Crippen LogP contribution in [0.25, 0.3) is 0 Å². The van der Waals surface area contributed by atoms with E-state index in [2.05, 4.69) is 5.32 Å². The van der Waals surface area contributed by atoms with Gasteiger partial charge in [0.2, 0.25) is 10.0 Å². The van der Waals surface area contributed by atoms with Crippen molar-refractivity contribution >= 4 is 21.9 Å². The van der Waals surface area contributed by atoms with Gasteiger partial charge in [-0.25, -0.2) is 13.2 Å². The van der Waals surface area contributed by atoms with E-state index in [0.717, 1.165) is 0 Å². The average molecular weight is 356 g/mol. The van der Waals surface area contributed by atoms with Crippen molar-refractivity contribution in [3.8, 4) is 0 Å². The summed E-state index contributed by atoms with van der Waals surface area (Å²) in [6, 6.07) is 4.30. The summed E-state index contributed by atoms with van der Waals surface area (Å²) in [5.74, 6) is -1.20. The number of sulfonamides is 1. The molecule has 0 spiro atoms. The molecule has 1 aliphatic heterocycles. The lowest BCUT2D eigenvalue weighted by atomic mass is 10.1. The van der Waals surface area contributed by atoms with E-state index in [9.17, 15) is 18.0 Å². The second-order valence-corrected chi connectivity index (χ2v) is 7.15. The molecule has 0 aromatic heterocycles. The van der Waals surface area contributed by atoms with Crippen LogP contribution in [0, 0.1) is 6.92 Å². The highest BCUT2D eigenvalue weighted by Crippen LogP contribution is 2.22. The molecule has 0 unspecified atom stereocenters. The molecule has 24 heavy (non-hydrogen) atoms. The lowest BCUT2D eigenvalue weighted by molar-refractivity contribution is -0.123. The highest BCUT2D eigenvalue weighted by atomic mass is 32.2. The third-order valence-electron chi connectivity index (χ3n) is 3.62. The quantitative estimate of drug-likeness (QED) is 0.741. The van der Waals surface area contributed by atoms with Crippen LogP contribution in [0.2, 0.25) is 0 Å². The fraction of sp³-hybridized carbons (Fsp3) is 0.467. The Kier molecular flexibility index (Phi) is 5.92. The molecule has 2 rings (SSSR count). The van der Waals surface area contributed by atoms with Crippen molar-refractivity contribution in [2.75, 3.05) is 40.0 Å². The Hall–Kier alpha value is -1.97. The van der Waals surface area contributed by atoms with Crippen LogP contribution in [-0.4, -0.2) is 64.6 Å². The predicted molar refractivity (Wildman–Crippen MR) is 85.1 cm³/mol. The molecule has 1 aliphatic rings. The van der Waals surface area contributed by atoms with E-state index in [-0.39, 0.29) is 23.5 Å². The number of carbonyl (C=O) groups is 2. The van der Waals surface area contributed by atoms with Crippen LogP contribution in [0.5, 0.6) is 0 Å². The molecule has 1 aromatic carbocycles. The SMILES string of the molecule is CNC(=O)COC(=O)c1ccc(C)c(S(=O)(=O)N2CCOCC2)c1. The summed E-state index contributed by atoms with van der Waals surface area (Å²) >= 11 is 0. The number of rotatable bonds is 5. The molecule has 0 bridgehead atoms. The van der Waals surface area contributed by atoms with Crippen LogP contribution in [0.1, 0.15) is 15.9 Å². The molecular weight excluding hydrogens is 336 g/mol. The van der Waals surface area contributed by atoms with Gasteiger partial charge in [-0.2, -0.15) is 4.31 Å². The monoisotopic (exact) mass is 356 g/mol. The fourth-order valence-corrected chi connectivity index (χ4v) is 3.88. The largest absolute Gasteiger partial charge is 0.452 e. The Bertz CT molecular complexity index is 725. The van der Waals surface area contributed by atoms with Crippen LogP contribution in [0.15, 0.2) is 23.1 Å². The minimum Gasteiger partial charge on any atom is -0.452 e. The second kappa shape index (κ2) is 7.73. The van der Waals surface area contributed by atoms with Crippen molar-refractivity contribution in [3.05, 3.63) is 29.3 Å². The van der Waals surface area contributed by atoms with Crippen LogP contribution in [-0.2, 0) is 24.3 Å². The lowest BCUT2D eigenvalue weighted by Gasteiger charge is -2.26. The van der Waals surface area contributed by atoms with Crippen molar-refractivity contribution in [3.63, 3.8) is 0 Å². The van der Waals surface area contributed by atoms with Gasteiger partial charge in [0.25, 0.3) is 5.91 Å². The zero-order chi connectivity index (χ0) is 17.7. The Morgan fingerprint density at radius 3 is 2.58 bits per heavy atom. The van der Waals surface area contributed by atoms with Crippen LogP contribution in [0.3, 0.4) is 0 Å². The third-order valence-corrected chi connectivity index (χ3v) is 5.67. The molecule has 8 nitrogen and oxygen atoms in total. The third kappa shape index (κ3) is 4.11. The number of aryl methyl sites for hydroxylation is 1. The minimum atomic E-state index is -3.72. The van der Waals surface area contributed by atoms with E-state index >= 15 is 0 Å². The zero-order valence-corrected chi connectivity index (χ0v) is 14.4. The molecule has 1 fully saturated rings. The van der Waals surface area contributed by atoms with E-state index < -0.39 is 28.5 Å². The number of carbonyl (C=O) groups excluding carboxylic acids is 2. The predicted octanol–water partition coefficient (Wildman–Crippen LogP) is -0.0813. The van der Waals surface area contributed by atoms with Crippen molar-refractivity contribution in [1.29, 1.82) is 0 Å². The lowest BCUT2D eigenvalue weighted by Crippen LogP contribution is -2.40. The number of esters is 1. The molecule has 0 saturated carbocycles. The molecule has 132 valence electrons. The number of morpholine rings is 1. The molecule has 1 aromatic rings. The number of amides is 1. The highest BCUT2D eigenvalue weighted by Gasteiger charge is 2.28. The molecule has 1 heterocycles. The molecule has 0 atom stereocenters. The molecule has 0 aliphatic carbocycles. The van der Waals surface area contributed by atoms with Gasteiger partial charge in [-0.15, -0.1) is 0 Å². The van der Waals surface area contributed by atoms with Gasteiger partial charge in [-0.05, 0) is 24.6 Å².